The lowest BCUT2D eigenvalue weighted by molar-refractivity contribution is 0.0527. The minimum Gasteiger partial charge on any atom is -0.493 e. The zero-order valence-corrected chi connectivity index (χ0v) is 23.3. The molecule has 1 aliphatic heterocycles. The SMILES string of the molecule is CCOC(=O)c1cc(CN2C(=O)c3ccccc3C2=O)sc1NC(=O)c1cc(OC)c(OC)c(OC)c1Br. The van der Waals surface area contributed by atoms with E-state index >= 15 is 0 Å². The summed E-state index contributed by atoms with van der Waals surface area (Å²) in [7, 11) is 4.30. The molecule has 0 radical (unpaired) electrons. The molecule has 2 aromatic carbocycles. The maximum atomic E-state index is 13.4. The molecule has 0 saturated heterocycles. The van der Waals surface area contributed by atoms with Crippen LogP contribution in [0.1, 0.15) is 53.2 Å². The van der Waals surface area contributed by atoms with Gasteiger partial charge < -0.3 is 24.3 Å². The smallest absolute Gasteiger partial charge is 0.341 e. The average Bonchev–Trinajstić information content (AvgIpc) is 3.42. The summed E-state index contributed by atoms with van der Waals surface area (Å²) < 4.78 is 21.6. The number of carbonyl (C=O) groups excluding carboxylic acids is 4. The van der Waals surface area contributed by atoms with Crippen LogP contribution in [0.5, 0.6) is 17.2 Å². The van der Waals surface area contributed by atoms with E-state index in [1.165, 1.54) is 33.5 Å². The standard InChI is InChI=1S/C26H23BrN2O8S/c1-5-37-26(33)17-10-13(12-29-24(31)14-8-6-7-9-15(14)25(29)32)38-23(17)28-22(30)16-11-18(34-2)20(35-3)21(36-4)19(16)27/h6-11H,5,12H2,1-4H3,(H,28,30). The molecule has 0 saturated carbocycles. The zero-order valence-electron chi connectivity index (χ0n) is 20.9. The number of rotatable bonds is 9. The second-order valence-electron chi connectivity index (χ2n) is 7.88. The highest BCUT2D eigenvalue weighted by molar-refractivity contribution is 9.10. The molecule has 3 amide bonds. The predicted octanol–water partition coefficient (Wildman–Crippen LogP) is 4.76. The molecule has 4 rings (SSSR count). The number of carbonyl (C=O) groups is 4. The van der Waals surface area contributed by atoms with Crippen molar-refractivity contribution in [3.63, 3.8) is 0 Å². The third kappa shape index (κ3) is 4.84. The van der Waals surface area contributed by atoms with E-state index in [0.717, 1.165) is 16.2 Å². The third-order valence-electron chi connectivity index (χ3n) is 5.71. The number of fused-ring (bicyclic) bond motifs is 1. The van der Waals surface area contributed by atoms with E-state index in [-0.39, 0.29) is 40.8 Å². The van der Waals surface area contributed by atoms with Crippen molar-refractivity contribution in [1.82, 2.24) is 4.90 Å². The average molecular weight is 603 g/mol. The molecule has 2 heterocycles. The number of hydrogen-bond donors (Lipinski definition) is 1. The van der Waals surface area contributed by atoms with Gasteiger partial charge in [0.25, 0.3) is 17.7 Å². The van der Waals surface area contributed by atoms with Crippen molar-refractivity contribution < 1.29 is 38.1 Å². The van der Waals surface area contributed by atoms with Crippen LogP contribution in [0.2, 0.25) is 0 Å². The van der Waals surface area contributed by atoms with Crippen LogP contribution in [0.25, 0.3) is 0 Å². The van der Waals surface area contributed by atoms with Crippen molar-refractivity contribution in [2.45, 2.75) is 13.5 Å². The molecular weight excluding hydrogens is 580 g/mol. The van der Waals surface area contributed by atoms with Gasteiger partial charge in [0.05, 0.1) is 61.2 Å². The van der Waals surface area contributed by atoms with Crippen molar-refractivity contribution in [2.75, 3.05) is 33.3 Å². The normalized spacial score (nSPS) is 12.3. The number of anilines is 1. The minimum atomic E-state index is -0.656. The first kappa shape index (κ1) is 27.1. The predicted molar refractivity (Wildman–Crippen MR) is 143 cm³/mol. The van der Waals surface area contributed by atoms with E-state index in [4.69, 9.17) is 18.9 Å². The molecule has 0 fully saturated rings. The van der Waals surface area contributed by atoms with Crippen molar-refractivity contribution in [1.29, 1.82) is 0 Å². The molecule has 0 aliphatic carbocycles. The summed E-state index contributed by atoms with van der Waals surface area (Å²) in [4.78, 5) is 53.3. The number of hydrogen-bond acceptors (Lipinski definition) is 9. The first-order chi connectivity index (χ1) is 18.2. The van der Waals surface area contributed by atoms with Crippen LogP contribution in [-0.2, 0) is 11.3 Å². The number of esters is 1. The Morgan fingerprint density at radius 3 is 2.13 bits per heavy atom. The number of imide groups is 1. The number of thiophene rings is 1. The lowest BCUT2D eigenvalue weighted by Gasteiger charge is -2.16. The summed E-state index contributed by atoms with van der Waals surface area (Å²) in [6, 6.07) is 9.53. The summed E-state index contributed by atoms with van der Waals surface area (Å²) in [5.41, 5.74) is 0.894. The molecule has 0 atom stereocenters. The Morgan fingerprint density at radius 1 is 0.947 bits per heavy atom. The highest BCUT2D eigenvalue weighted by Crippen LogP contribution is 2.45. The number of nitrogens with zero attached hydrogens (tertiary/aromatic N) is 1. The second-order valence-corrected chi connectivity index (χ2v) is 9.81. The van der Waals surface area contributed by atoms with Crippen molar-refractivity contribution >= 4 is 56.0 Å². The minimum absolute atomic E-state index is 0.0762. The zero-order chi connectivity index (χ0) is 27.6. The Bertz CT molecular complexity index is 1420. The number of benzene rings is 2. The number of halogens is 1. The van der Waals surface area contributed by atoms with E-state index in [9.17, 15) is 19.2 Å². The lowest BCUT2D eigenvalue weighted by atomic mass is 10.1. The number of amides is 3. The fourth-order valence-corrected chi connectivity index (χ4v) is 5.63. The van der Waals surface area contributed by atoms with Crippen LogP contribution in [0.3, 0.4) is 0 Å². The molecule has 38 heavy (non-hydrogen) atoms. The van der Waals surface area contributed by atoms with Gasteiger partial charge in [0.15, 0.2) is 11.5 Å². The molecule has 1 aromatic heterocycles. The maximum Gasteiger partial charge on any atom is 0.341 e. The highest BCUT2D eigenvalue weighted by Gasteiger charge is 2.36. The van der Waals surface area contributed by atoms with Crippen molar-refractivity contribution in [3.05, 3.63) is 68.0 Å². The molecule has 0 unspecified atom stereocenters. The van der Waals surface area contributed by atoms with E-state index in [1.54, 1.807) is 31.2 Å². The van der Waals surface area contributed by atoms with Crippen LogP contribution in [0.4, 0.5) is 5.00 Å². The van der Waals surface area contributed by atoms with Crippen LogP contribution in [-0.4, -0.2) is 56.5 Å². The molecule has 1 aliphatic rings. The Hall–Kier alpha value is -3.90. The number of methoxy groups -OCH3 is 3. The number of nitrogens with one attached hydrogen (secondary N) is 1. The van der Waals surface area contributed by atoms with Gasteiger partial charge in [-0.3, -0.25) is 19.3 Å². The van der Waals surface area contributed by atoms with Gasteiger partial charge in [0.1, 0.15) is 5.00 Å². The van der Waals surface area contributed by atoms with Gasteiger partial charge in [-0.1, -0.05) is 12.1 Å². The topological polar surface area (TPSA) is 120 Å². The van der Waals surface area contributed by atoms with Crippen LogP contribution >= 0.6 is 27.3 Å². The summed E-state index contributed by atoms with van der Waals surface area (Å²) in [6.45, 7) is 1.71. The summed E-state index contributed by atoms with van der Waals surface area (Å²) in [5, 5.41) is 2.94. The van der Waals surface area contributed by atoms with E-state index in [2.05, 4.69) is 21.2 Å². The Morgan fingerprint density at radius 2 is 1.58 bits per heavy atom. The first-order valence-corrected chi connectivity index (χ1v) is 12.9. The monoisotopic (exact) mass is 602 g/mol. The Labute approximate surface area is 230 Å². The molecule has 12 heteroatoms. The van der Waals surface area contributed by atoms with Crippen LogP contribution in [0, 0.1) is 0 Å². The molecule has 198 valence electrons. The van der Waals surface area contributed by atoms with E-state index in [1.807, 2.05) is 0 Å². The van der Waals surface area contributed by atoms with Gasteiger partial charge in [-0.05, 0) is 47.1 Å². The van der Waals surface area contributed by atoms with Crippen molar-refractivity contribution in [3.8, 4) is 17.2 Å². The Balaban J connectivity index is 1.67. The molecule has 0 spiro atoms. The van der Waals surface area contributed by atoms with Gasteiger partial charge in [0, 0.05) is 4.88 Å². The molecule has 0 bridgehead atoms. The van der Waals surface area contributed by atoms with E-state index in [0.29, 0.717) is 26.2 Å². The Kier molecular flexibility index (Phi) is 8.02. The van der Waals surface area contributed by atoms with Gasteiger partial charge in [0.2, 0.25) is 5.75 Å². The van der Waals surface area contributed by atoms with Gasteiger partial charge in [-0.25, -0.2) is 4.79 Å². The largest absolute Gasteiger partial charge is 0.493 e. The summed E-state index contributed by atoms with van der Waals surface area (Å²) >= 11 is 4.44. The quantitative estimate of drug-likeness (QED) is 0.275. The molecular formula is C26H23BrN2O8S. The van der Waals surface area contributed by atoms with Gasteiger partial charge in [-0.15, -0.1) is 11.3 Å². The van der Waals surface area contributed by atoms with E-state index < -0.39 is 23.7 Å². The summed E-state index contributed by atoms with van der Waals surface area (Å²) in [5.74, 6) is -1.27. The number of ether oxygens (including phenoxy) is 4. The van der Waals surface area contributed by atoms with Crippen LogP contribution < -0.4 is 19.5 Å². The van der Waals surface area contributed by atoms with Gasteiger partial charge in [-0.2, -0.15) is 0 Å². The van der Waals surface area contributed by atoms with Gasteiger partial charge >= 0.3 is 5.97 Å². The van der Waals surface area contributed by atoms with Crippen molar-refractivity contribution in [2.24, 2.45) is 0 Å². The fraction of sp³-hybridized carbons (Fsp3) is 0.231. The molecule has 1 N–H and O–H groups in total. The maximum absolute atomic E-state index is 13.4. The van der Waals surface area contributed by atoms with Crippen LogP contribution in [0.15, 0.2) is 40.9 Å². The second kappa shape index (κ2) is 11.2. The first-order valence-electron chi connectivity index (χ1n) is 11.3. The fourth-order valence-electron chi connectivity index (χ4n) is 3.97. The molecule has 3 aromatic rings. The summed E-state index contributed by atoms with van der Waals surface area (Å²) in [6.07, 6.45) is 0. The highest BCUT2D eigenvalue weighted by atomic mass is 79.9. The third-order valence-corrected chi connectivity index (χ3v) is 7.53. The molecule has 10 nitrogen and oxygen atoms in total. The lowest BCUT2D eigenvalue weighted by Crippen LogP contribution is -2.28.